The van der Waals surface area contributed by atoms with Gasteiger partial charge < -0.3 is 4.90 Å². The van der Waals surface area contributed by atoms with Crippen LogP contribution in [0.5, 0.6) is 0 Å². The Bertz CT molecular complexity index is 921. The van der Waals surface area contributed by atoms with E-state index in [9.17, 15) is 4.79 Å². The molecule has 0 aliphatic carbocycles. The molecule has 0 spiro atoms. The van der Waals surface area contributed by atoms with Crippen LogP contribution in [-0.4, -0.2) is 37.5 Å². The van der Waals surface area contributed by atoms with Gasteiger partial charge in [0.15, 0.2) is 5.82 Å². The molecule has 3 aromatic rings. The van der Waals surface area contributed by atoms with Gasteiger partial charge in [0, 0.05) is 24.5 Å². The number of carbonyl (C=O) groups is 1. The lowest BCUT2D eigenvalue weighted by molar-refractivity contribution is -0.134. The number of nitrogens with zero attached hydrogens (tertiary/aromatic N) is 4. The van der Waals surface area contributed by atoms with E-state index in [1.165, 1.54) is 5.56 Å². The number of rotatable bonds is 4. The lowest BCUT2D eigenvalue weighted by Gasteiger charge is -2.34. The first-order valence-electron chi connectivity index (χ1n) is 9.38. The fourth-order valence-electron chi connectivity index (χ4n) is 3.66. The standard InChI is InChI=1S/C21H23N5O/c1-15-6-4-7-16(12-15)13-19(27)26-11-3-2-9-18(26)21-23-20(24-25-21)17-8-5-10-22-14-17/h4-8,10,12,14,18H,2-3,9,11,13H2,1H3,(H,23,24,25). The van der Waals surface area contributed by atoms with Gasteiger partial charge in [-0.2, -0.15) is 5.10 Å². The van der Waals surface area contributed by atoms with E-state index in [2.05, 4.69) is 26.2 Å². The molecule has 1 saturated heterocycles. The van der Waals surface area contributed by atoms with Crippen molar-refractivity contribution in [1.82, 2.24) is 25.1 Å². The van der Waals surface area contributed by atoms with Gasteiger partial charge in [-0.05, 0) is 43.9 Å². The predicted octanol–water partition coefficient (Wildman–Crippen LogP) is 3.47. The Morgan fingerprint density at radius 3 is 3.00 bits per heavy atom. The van der Waals surface area contributed by atoms with Crippen molar-refractivity contribution in [3.05, 3.63) is 65.7 Å². The lowest BCUT2D eigenvalue weighted by Crippen LogP contribution is -2.39. The molecule has 1 atom stereocenters. The summed E-state index contributed by atoms with van der Waals surface area (Å²) in [7, 11) is 0. The molecule has 4 rings (SSSR count). The average Bonchev–Trinajstić information content (AvgIpc) is 3.19. The molecule has 27 heavy (non-hydrogen) atoms. The van der Waals surface area contributed by atoms with Gasteiger partial charge in [-0.1, -0.05) is 29.8 Å². The Kier molecular flexibility index (Phi) is 4.96. The van der Waals surface area contributed by atoms with Crippen LogP contribution in [0.25, 0.3) is 11.4 Å². The summed E-state index contributed by atoms with van der Waals surface area (Å²) in [6, 6.07) is 11.9. The molecule has 3 heterocycles. The van der Waals surface area contributed by atoms with Crippen molar-refractivity contribution in [2.45, 2.75) is 38.6 Å². The number of benzene rings is 1. The molecule has 2 aromatic heterocycles. The smallest absolute Gasteiger partial charge is 0.227 e. The number of nitrogens with one attached hydrogen (secondary N) is 1. The first kappa shape index (κ1) is 17.4. The third-order valence-corrected chi connectivity index (χ3v) is 5.00. The van der Waals surface area contributed by atoms with Crippen molar-refractivity contribution < 1.29 is 4.79 Å². The number of amides is 1. The summed E-state index contributed by atoms with van der Waals surface area (Å²) in [4.78, 5) is 23.7. The Labute approximate surface area is 158 Å². The van der Waals surface area contributed by atoms with Gasteiger partial charge in [0.1, 0.15) is 5.82 Å². The zero-order valence-corrected chi connectivity index (χ0v) is 15.4. The average molecular weight is 361 g/mol. The Balaban J connectivity index is 1.54. The summed E-state index contributed by atoms with van der Waals surface area (Å²) in [6.07, 6.45) is 6.91. The van der Waals surface area contributed by atoms with E-state index >= 15 is 0 Å². The number of hydrogen-bond acceptors (Lipinski definition) is 4. The maximum absolute atomic E-state index is 13.0. The second-order valence-electron chi connectivity index (χ2n) is 7.05. The van der Waals surface area contributed by atoms with Crippen LogP contribution in [0.15, 0.2) is 48.8 Å². The number of pyridine rings is 1. The largest absolute Gasteiger partial charge is 0.332 e. The Hall–Kier alpha value is -3.02. The van der Waals surface area contributed by atoms with Crippen molar-refractivity contribution in [3.63, 3.8) is 0 Å². The van der Waals surface area contributed by atoms with Crippen molar-refractivity contribution >= 4 is 5.91 Å². The van der Waals surface area contributed by atoms with Crippen LogP contribution in [0.4, 0.5) is 0 Å². The molecule has 1 aromatic carbocycles. The van der Waals surface area contributed by atoms with E-state index in [0.717, 1.165) is 42.8 Å². The van der Waals surface area contributed by atoms with E-state index in [-0.39, 0.29) is 11.9 Å². The second kappa shape index (κ2) is 7.70. The van der Waals surface area contributed by atoms with E-state index in [1.54, 1.807) is 12.4 Å². The SMILES string of the molecule is Cc1cccc(CC(=O)N2CCCCC2c2nc(-c3cccnc3)n[nH]2)c1. The number of H-pyrrole nitrogens is 1. The molecular formula is C21H23N5O. The molecule has 1 unspecified atom stereocenters. The molecule has 1 fully saturated rings. The fraction of sp³-hybridized carbons (Fsp3) is 0.333. The normalized spacial score (nSPS) is 17.1. The zero-order chi connectivity index (χ0) is 18.6. The molecule has 1 aliphatic heterocycles. The van der Waals surface area contributed by atoms with Gasteiger partial charge in [-0.15, -0.1) is 0 Å². The maximum atomic E-state index is 13.0. The maximum Gasteiger partial charge on any atom is 0.227 e. The van der Waals surface area contributed by atoms with Gasteiger partial charge in [-0.25, -0.2) is 4.98 Å². The van der Waals surface area contributed by atoms with Crippen LogP contribution in [0.2, 0.25) is 0 Å². The van der Waals surface area contributed by atoms with E-state index in [0.29, 0.717) is 12.2 Å². The number of aromatic nitrogens is 4. The van der Waals surface area contributed by atoms with Crippen LogP contribution in [0.1, 0.15) is 42.3 Å². The molecule has 138 valence electrons. The highest BCUT2D eigenvalue weighted by molar-refractivity contribution is 5.79. The summed E-state index contributed by atoms with van der Waals surface area (Å²) >= 11 is 0. The van der Waals surface area contributed by atoms with Crippen LogP contribution in [0.3, 0.4) is 0 Å². The van der Waals surface area contributed by atoms with Gasteiger partial charge in [0.2, 0.25) is 5.91 Å². The van der Waals surface area contributed by atoms with Gasteiger partial charge in [-0.3, -0.25) is 14.9 Å². The molecule has 1 N–H and O–H groups in total. The number of hydrogen-bond donors (Lipinski definition) is 1. The summed E-state index contributed by atoms with van der Waals surface area (Å²) < 4.78 is 0. The molecule has 1 amide bonds. The molecule has 0 saturated carbocycles. The minimum absolute atomic E-state index is 0.0472. The van der Waals surface area contributed by atoms with Crippen LogP contribution < -0.4 is 0 Å². The fourth-order valence-corrected chi connectivity index (χ4v) is 3.66. The molecule has 0 bridgehead atoms. The monoisotopic (exact) mass is 361 g/mol. The zero-order valence-electron chi connectivity index (χ0n) is 15.4. The Morgan fingerprint density at radius 1 is 1.26 bits per heavy atom. The van der Waals surface area contributed by atoms with Crippen molar-refractivity contribution in [3.8, 4) is 11.4 Å². The van der Waals surface area contributed by atoms with Crippen LogP contribution in [0, 0.1) is 6.92 Å². The van der Waals surface area contributed by atoms with Gasteiger partial charge >= 0.3 is 0 Å². The molecule has 6 heteroatoms. The summed E-state index contributed by atoms with van der Waals surface area (Å²) in [5.74, 6) is 1.52. The highest BCUT2D eigenvalue weighted by Crippen LogP contribution is 2.30. The van der Waals surface area contributed by atoms with Gasteiger partial charge in [0.25, 0.3) is 0 Å². The number of likely N-dealkylation sites (tertiary alicyclic amines) is 1. The number of carbonyl (C=O) groups excluding carboxylic acids is 1. The van der Waals surface area contributed by atoms with Crippen molar-refractivity contribution in [2.75, 3.05) is 6.54 Å². The van der Waals surface area contributed by atoms with E-state index in [4.69, 9.17) is 0 Å². The quantitative estimate of drug-likeness (QED) is 0.772. The summed E-state index contributed by atoms with van der Waals surface area (Å²) in [5.41, 5.74) is 3.10. The third-order valence-electron chi connectivity index (χ3n) is 5.00. The van der Waals surface area contributed by atoms with Crippen LogP contribution in [-0.2, 0) is 11.2 Å². The first-order chi connectivity index (χ1) is 13.2. The lowest BCUT2D eigenvalue weighted by atomic mass is 10.00. The third kappa shape index (κ3) is 3.89. The molecule has 1 aliphatic rings. The number of piperidine rings is 1. The minimum atomic E-state index is -0.0472. The molecule has 6 nitrogen and oxygen atoms in total. The van der Waals surface area contributed by atoms with E-state index in [1.807, 2.05) is 42.2 Å². The first-order valence-corrected chi connectivity index (χ1v) is 9.38. The number of aryl methyl sites for hydroxylation is 1. The van der Waals surface area contributed by atoms with Crippen LogP contribution >= 0.6 is 0 Å². The van der Waals surface area contributed by atoms with E-state index < -0.39 is 0 Å². The highest BCUT2D eigenvalue weighted by atomic mass is 16.2. The van der Waals surface area contributed by atoms with Crippen molar-refractivity contribution in [2.24, 2.45) is 0 Å². The molecular weight excluding hydrogens is 338 g/mol. The highest BCUT2D eigenvalue weighted by Gasteiger charge is 2.30. The van der Waals surface area contributed by atoms with Crippen molar-refractivity contribution in [1.29, 1.82) is 0 Å². The Morgan fingerprint density at radius 2 is 2.19 bits per heavy atom. The molecule has 0 radical (unpaired) electrons. The predicted molar refractivity (Wildman–Crippen MR) is 103 cm³/mol. The minimum Gasteiger partial charge on any atom is -0.332 e. The second-order valence-corrected chi connectivity index (χ2v) is 7.05. The van der Waals surface area contributed by atoms with Gasteiger partial charge in [0.05, 0.1) is 12.5 Å². The number of aromatic amines is 1. The summed E-state index contributed by atoms with van der Waals surface area (Å²) in [6.45, 7) is 2.81. The summed E-state index contributed by atoms with van der Waals surface area (Å²) in [5, 5.41) is 7.39. The topological polar surface area (TPSA) is 74.8 Å².